The van der Waals surface area contributed by atoms with Gasteiger partial charge in [-0.25, -0.2) is 4.79 Å². The number of carboxylic acid groups (broad SMARTS) is 1. The molecule has 19 N–H and O–H groups in total. The van der Waals surface area contributed by atoms with Crippen LogP contribution in [0.1, 0.15) is 133 Å². The van der Waals surface area contributed by atoms with Gasteiger partial charge in [0, 0.05) is 13.5 Å². The molecule has 13 aliphatic rings. The summed E-state index contributed by atoms with van der Waals surface area (Å²) in [5, 5.41) is 211. The Morgan fingerprint density at radius 1 is 0.492 bits per heavy atom. The Morgan fingerprint density at radius 3 is 1.59 bits per heavy atom. The highest BCUT2D eigenvalue weighted by Gasteiger charge is 2.74. The van der Waals surface area contributed by atoms with Crippen LogP contribution in [0.25, 0.3) is 0 Å². The van der Waals surface area contributed by atoms with Gasteiger partial charge in [-0.05, 0) is 117 Å². The molecule has 686 valence electrons. The monoisotopic (exact) mass is 1730 g/mol. The number of fused-ring (bicyclic) bond motifs is 7. The van der Waals surface area contributed by atoms with Gasteiger partial charge in [-0.2, -0.15) is 0 Å². The normalized spacial score (nSPS) is 52.9. The maximum atomic E-state index is 16.3. The lowest BCUT2D eigenvalue weighted by Gasteiger charge is -2.71. The van der Waals surface area contributed by atoms with E-state index in [-0.39, 0.29) is 44.6 Å². The summed E-state index contributed by atoms with van der Waals surface area (Å²) in [7, 11) is 1.26. The van der Waals surface area contributed by atoms with Crippen LogP contribution in [0.15, 0.2) is 11.6 Å². The maximum absolute atomic E-state index is 16.3. The topological polar surface area (TPSA) is 619 Å². The van der Waals surface area contributed by atoms with Crippen LogP contribution in [0.3, 0.4) is 0 Å². The molecule has 0 bridgehead atoms. The number of carbonyl (C=O) groups excluding carboxylic acids is 3. The molecule has 0 aromatic heterocycles. The smallest absolute Gasteiger partial charge is 0.335 e. The van der Waals surface area contributed by atoms with Crippen molar-refractivity contribution in [1.29, 1.82) is 0 Å². The molecule has 0 radical (unpaired) electrons. The number of aliphatic hydroxyl groups is 18. The number of hydrogen-bond donors (Lipinski definition) is 19. The van der Waals surface area contributed by atoms with E-state index in [2.05, 4.69) is 40.7 Å². The molecular weight excluding hydrogens is 1600 g/mol. The zero-order valence-electron chi connectivity index (χ0n) is 68.6. The molecule has 8 aliphatic heterocycles. The van der Waals surface area contributed by atoms with E-state index < -0.39 is 322 Å². The molecule has 13 rings (SSSR count). The predicted molar refractivity (Wildman–Crippen MR) is 392 cm³/mol. The standard InChI is InChI=1S/C79H124O41/c1-11-42(86)113-57-30(3)108-71(63(61(57)103-10)119-70-55(99)59(116-68-52(96)48(92)45(89)36(24-80)110-68)56(29(2)107-70)114-65-47(91)35(16-21-104-65)109-66-50(94)43(87)33(83)26-105-66)120-73(102)79-20-19-74(4,5)22-32(79)31-12-13-39-75(6)17-15-41(76(7,28-82)38(75)14-18-77(39,8)78(31,9)23-40(79)85)112-72-62(118-69-53(97)49(93)46(90)37(25-81)111-69)58(54(98)60(117-72)64(100)101)115-67-51(95)44(88)34(84)27-106-67/h12,28-30,32-41,43-63,65-72,80-81,83-85,87-99H,11,13-27H2,1-10H3,(H,100,101)/t29?,30?,32?,33?,34?,35?,36?,37?,38?,39?,40-,41+,43?,44?,45?,46?,47?,48?,49?,50?,51?,52?,53?,54?,55?,56?,57?,58?,59?,60?,61?,62?,63?,65?,66?,67?,68?,69?,70?,71?,72?,75+,76+,77-,78-,79-/m1/s1. The highest BCUT2D eigenvalue weighted by Crippen LogP contribution is 2.76. The third kappa shape index (κ3) is 16.8. The summed E-state index contributed by atoms with van der Waals surface area (Å²) in [4.78, 5) is 57.2. The van der Waals surface area contributed by atoms with Crippen molar-refractivity contribution >= 4 is 24.2 Å². The van der Waals surface area contributed by atoms with E-state index in [1.807, 2.05) is 0 Å². The molecular formula is C79H124O41. The van der Waals surface area contributed by atoms with Crippen LogP contribution in [0, 0.1) is 50.2 Å². The number of aldehydes is 1. The Morgan fingerprint density at radius 2 is 1.02 bits per heavy atom. The summed E-state index contributed by atoms with van der Waals surface area (Å²) in [5.74, 6) is -4.88. The molecule has 0 amide bonds. The number of allylic oxidation sites excluding steroid dienone is 2. The van der Waals surface area contributed by atoms with Crippen LogP contribution in [-0.2, 0) is 104 Å². The highest BCUT2D eigenvalue weighted by molar-refractivity contribution is 5.80. The molecule has 0 spiro atoms. The van der Waals surface area contributed by atoms with Crippen LogP contribution in [0.2, 0.25) is 0 Å². The number of hydrogen-bond acceptors (Lipinski definition) is 40. The second kappa shape index (κ2) is 36.5. The molecule has 41 nitrogen and oxygen atoms in total. The van der Waals surface area contributed by atoms with Gasteiger partial charge in [0.25, 0.3) is 0 Å². The van der Waals surface area contributed by atoms with Crippen molar-refractivity contribution in [1.82, 2.24) is 0 Å². The number of aliphatic hydroxyl groups excluding tert-OH is 18. The fraction of sp³-hybridized carbons (Fsp3) is 0.924. The van der Waals surface area contributed by atoms with Gasteiger partial charge in [-0.1, -0.05) is 60.1 Å². The second-order valence-electron chi connectivity index (χ2n) is 36.8. The molecule has 4 saturated carbocycles. The zero-order chi connectivity index (χ0) is 87.4. The number of esters is 2. The largest absolute Gasteiger partial charge is 0.479 e. The molecule has 5 aliphatic carbocycles. The van der Waals surface area contributed by atoms with Crippen molar-refractivity contribution in [2.75, 3.05) is 40.1 Å². The Bertz CT molecular complexity index is 3540. The number of carboxylic acids is 1. The summed E-state index contributed by atoms with van der Waals surface area (Å²) in [6, 6.07) is 0. The van der Waals surface area contributed by atoms with E-state index in [9.17, 15) is 111 Å². The Balaban J connectivity index is 0.785. The number of rotatable bonds is 23. The molecule has 8 heterocycles. The van der Waals surface area contributed by atoms with E-state index in [1.165, 1.54) is 21.0 Å². The molecule has 120 heavy (non-hydrogen) atoms. The molecule has 8 saturated heterocycles. The predicted octanol–water partition coefficient (Wildman–Crippen LogP) is -5.88. The number of aliphatic carboxylic acids is 1. The Hall–Kier alpha value is -3.54. The van der Waals surface area contributed by atoms with E-state index in [0.29, 0.717) is 38.5 Å². The average Bonchev–Trinajstić information content (AvgIpc) is 0.668. The molecule has 41 heteroatoms. The van der Waals surface area contributed by atoms with Gasteiger partial charge in [0.2, 0.25) is 6.29 Å². The van der Waals surface area contributed by atoms with Crippen LogP contribution >= 0.6 is 0 Å². The van der Waals surface area contributed by atoms with Crippen molar-refractivity contribution < 1.29 is 201 Å². The number of methoxy groups -OCH3 is 1. The summed E-state index contributed by atoms with van der Waals surface area (Å²) in [6.07, 6.45) is -61.7. The minimum absolute atomic E-state index is 0.00686. The van der Waals surface area contributed by atoms with Gasteiger partial charge in [0.05, 0.1) is 69.0 Å². The van der Waals surface area contributed by atoms with Crippen LogP contribution < -0.4 is 0 Å². The van der Waals surface area contributed by atoms with Gasteiger partial charge in [-0.15, -0.1) is 0 Å². The average molecular weight is 1730 g/mol. The Kier molecular flexibility index (Phi) is 28.6. The lowest BCUT2D eigenvalue weighted by molar-refractivity contribution is -0.395. The fourth-order valence-electron chi connectivity index (χ4n) is 22.1. The third-order valence-electron chi connectivity index (χ3n) is 29.3. The third-order valence-corrected chi connectivity index (χ3v) is 29.3. The van der Waals surface area contributed by atoms with Crippen LogP contribution in [0.5, 0.6) is 0 Å². The molecule has 0 aromatic carbocycles. The van der Waals surface area contributed by atoms with Crippen molar-refractivity contribution in [2.45, 2.75) is 366 Å². The highest BCUT2D eigenvalue weighted by atomic mass is 16.8. The summed E-state index contributed by atoms with van der Waals surface area (Å²) < 4.78 is 111. The first-order valence-electron chi connectivity index (χ1n) is 41.7. The van der Waals surface area contributed by atoms with Gasteiger partial charge in [0.1, 0.15) is 146 Å². The van der Waals surface area contributed by atoms with Crippen molar-refractivity contribution in [3.05, 3.63) is 11.6 Å². The number of ether oxygens (including phenoxy) is 18. The van der Waals surface area contributed by atoms with E-state index >= 15 is 4.79 Å². The first-order valence-corrected chi connectivity index (χ1v) is 41.7. The number of carbonyl (C=O) groups is 4. The van der Waals surface area contributed by atoms with E-state index in [1.54, 1.807) is 13.8 Å². The van der Waals surface area contributed by atoms with Gasteiger partial charge >= 0.3 is 17.9 Å². The molecule has 46 atom stereocenters. The summed E-state index contributed by atoms with van der Waals surface area (Å²) >= 11 is 0. The van der Waals surface area contributed by atoms with Crippen LogP contribution in [0.4, 0.5) is 0 Å². The molecule has 0 aromatic rings. The fourth-order valence-corrected chi connectivity index (χ4v) is 22.1. The maximum Gasteiger partial charge on any atom is 0.335 e. The van der Waals surface area contributed by atoms with E-state index in [4.69, 9.17) is 85.3 Å². The lowest BCUT2D eigenvalue weighted by Crippen LogP contribution is -2.69. The first-order chi connectivity index (χ1) is 56.5. The minimum Gasteiger partial charge on any atom is -0.479 e. The van der Waals surface area contributed by atoms with Crippen molar-refractivity contribution in [3.63, 3.8) is 0 Å². The minimum atomic E-state index is -2.24. The first kappa shape index (κ1) is 94.1. The van der Waals surface area contributed by atoms with Gasteiger partial charge in [-0.3, -0.25) is 9.59 Å². The second-order valence-corrected chi connectivity index (χ2v) is 36.8. The molecule has 12 fully saturated rings. The van der Waals surface area contributed by atoms with Gasteiger partial charge in [0.15, 0.2) is 62.3 Å². The van der Waals surface area contributed by atoms with Crippen molar-refractivity contribution in [2.24, 2.45) is 50.2 Å². The van der Waals surface area contributed by atoms with Gasteiger partial charge < -0.3 is 187 Å². The van der Waals surface area contributed by atoms with Crippen LogP contribution in [-0.4, -0.2) is 395 Å². The lowest BCUT2D eigenvalue weighted by atomic mass is 9.33. The summed E-state index contributed by atoms with van der Waals surface area (Å²) in [5.41, 5.74) is -5.11. The SMILES string of the molecule is CCC(=O)OC1C(C)OC(OC(=O)[C@]23CCC(C)(C)CC2C2=CCC4[C@@]5(C)CC[C@H](OC6OC(C(=O)O)C(O)C(OC7OCC(O)C(O)C7O)C6OC6OC(CO)C(O)C(O)C6O)[C@@](C)(C=O)C5CC[C@@]4(C)[C@]2(C)C[C@H]3O)C(OC2OC(C)C(OC3OCCC(OC4OCC(O)C(O)C4O)C3O)C(OC3OC(CO)C(O)C(O)C3O)C2O)C1OC. The molecule has 39 unspecified atom stereocenters. The van der Waals surface area contributed by atoms with Crippen molar-refractivity contribution in [3.8, 4) is 0 Å². The Labute approximate surface area is 691 Å². The quantitative estimate of drug-likeness (QED) is 0.0196. The van der Waals surface area contributed by atoms with E-state index in [0.717, 1.165) is 11.9 Å². The zero-order valence-corrected chi connectivity index (χ0v) is 68.6. The summed E-state index contributed by atoms with van der Waals surface area (Å²) in [6.45, 7) is 13.7.